The maximum Gasteiger partial charge on any atom is 0.272 e. The van der Waals surface area contributed by atoms with Gasteiger partial charge in [0.2, 0.25) is 0 Å². The lowest BCUT2D eigenvalue weighted by Crippen LogP contribution is -2.16. The number of benzene rings is 1. The maximum atomic E-state index is 12.2. The van der Waals surface area contributed by atoms with E-state index in [9.17, 15) is 20.0 Å². The minimum atomic E-state index is -0.597. The van der Waals surface area contributed by atoms with Crippen molar-refractivity contribution in [2.45, 2.75) is 13.5 Å². The zero-order valence-corrected chi connectivity index (χ0v) is 12.6. The van der Waals surface area contributed by atoms with E-state index in [-0.39, 0.29) is 17.1 Å². The number of nitro groups is 1. The van der Waals surface area contributed by atoms with Gasteiger partial charge in [0.05, 0.1) is 10.6 Å². The fraction of sp³-hybridized carbons (Fsp3) is 0.154. The first-order chi connectivity index (χ1) is 9.92. The lowest BCUT2D eigenvalue weighted by atomic mass is 10.2. The first kappa shape index (κ1) is 15.0. The normalized spacial score (nSPS) is 10.4. The van der Waals surface area contributed by atoms with Gasteiger partial charge in [-0.3, -0.25) is 14.9 Å². The van der Waals surface area contributed by atoms with Crippen LogP contribution in [0.2, 0.25) is 0 Å². The fourth-order valence-corrected chi connectivity index (χ4v) is 2.31. The van der Waals surface area contributed by atoms with Crippen LogP contribution < -0.4 is 5.32 Å². The van der Waals surface area contributed by atoms with E-state index < -0.39 is 10.8 Å². The van der Waals surface area contributed by atoms with Crippen molar-refractivity contribution in [3.05, 3.63) is 50.7 Å². The molecule has 0 aliphatic heterocycles. The lowest BCUT2D eigenvalue weighted by molar-refractivity contribution is -0.384. The summed E-state index contributed by atoms with van der Waals surface area (Å²) in [5, 5.41) is 22.9. The number of non-ortho nitro benzene ring substituents is 1. The molecule has 0 bridgehead atoms. The molecule has 0 radical (unpaired) electrons. The molecule has 21 heavy (non-hydrogen) atoms. The number of nitrogens with one attached hydrogen (secondary N) is 1. The Hall–Kier alpha value is -2.35. The third-order valence-electron chi connectivity index (χ3n) is 2.88. The second-order valence-electron chi connectivity index (χ2n) is 4.24. The summed E-state index contributed by atoms with van der Waals surface area (Å²) in [7, 11) is 0. The van der Waals surface area contributed by atoms with E-state index in [4.69, 9.17) is 0 Å². The lowest BCUT2D eigenvalue weighted by Gasteiger charge is -2.09. The third kappa shape index (κ3) is 3.22. The van der Waals surface area contributed by atoms with Gasteiger partial charge in [-0.1, -0.05) is 0 Å². The minimum Gasteiger partial charge on any atom is -0.506 e. The molecule has 1 heterocycles. The molecule has 2 N–H and O–H groups in total. The number of nitrogens with zero attached hydrogens (tertiary/aromatic N) is 2. The van der Waals surface area contributed by atoms with Gasteiger partial charge in [0.25, 0.3) is 11.6 Å². The number of phenolic OH excluding ortho intramolecular Hbond substituents is 1. The van der Waals surface area contributed by atoms with Gasteiger partial charge in [-0.25, -0.2) is 0 Å². The summed E-state index contributed by atoms with van der Waals surface area (Å²) >= 11 is 3.28. The molecule has 2 aromatic rings. The molecule has 0 atom stereocenters. The molecule has 110 valence electrons. The number of carbonyl (C=O) groups is 1. The number of nitro benzene ring substituents is 1. The Morgan fingerprint density at radius 3 is 2.81 bits per heavy atom. The number of aromatic nitrogens is 1. The fourth-order valence-electron chi connectivity index (χ4n) is 1.85. The summed E-state index contributed by atoms with van der Waals surface area (Å²) < 4.78 is 2.46. The molecule has 0 aliphatic carbocycles. The van der Waals surface area contributed by atoms with E-state index in [0.29, 0.717) is 12.2 Å². The average Bonchev–Trinajstić information content (AvgIpc) is 2.82. The SMILES string of the molecule is CCn1cc(Br)cc1C(=O)Nc1cc([N+](=O)[O-])ccc1O. The number of phenols is 1. The summed E-state index contributed by atoms with van der Waals surface area (Å²) in [6.07, 6.45) is 1.75. The van der Waals surface area contributed by atoms with E-state index in [0.717, 1.165) is 16.6 Å². The number of amides is 1. The van der Waals surface area contributed by atoms with Gasteiger partial charge >= 0.3 is 0 Å². The van der Waals surface area contributed by atoms with Crippen molar-refractivity contribution < 1.29 is 14.8 Å². The highest BCUT2D eigenvalue weighted by Crippen LogP contribution is 2.28. The molecule has 0 unspecified atom stereocenters. The first-order valence-corrected chi connectivity index (χ1v) is 6.86. The van der Waals surface area contributed by atoms with Crippen LogP contribution in [0.25, 0.3) is 0 Å². The van der Waals surface area contributed by atoms with Crippen LogP contribution in [0.3, 0.4) is 0 Å². The van der Waals surface area contributed by atoms with Crippen molar-refractivity contribution in [3.8, 4) is 5.75 Å². The second kappa shape index (κ2) is 5.96. The van der Waals surface area contributed by atoms with Crippen LogP contribution in [-0.2, 0) is 6.54 Å². The van der Waals surface area contributed by atoms with Gasteiger partial charge in [-0.2, -0.15) is 0 Å². The molecule has 2 rings (SSSR count). The number of anilines is 1. The zero-order valence-electron chi connectivity index (χ0n) is 11.0. The molecule has 1 aromatic heterocycles. The summed E-state index contributed by atoms with van der Waals surface area (Å²) in [5.41, 5.74) is 0.166. The predicted molar refractivity (Wildman–Crippen MR) is 80.5 cm³/mol. The molecule has 0 spiro atoms. The van der Waals surface area contributed by atoms with Crippen molar-refractivity contribution in [2.24, 2.45) is 0 Å². The Bertz CT molecular complexity index is 711. The molecule has 7 nitrogen and oxygen atoms in total. The second-order valence-corrected chi connectivity index (χ2v) is 5.16. The molecule has 8 heteroatoms. The summed E-state index contributed by atoms with van der Waals surface area (Å²) in [6.45, 7) is 2.48. The van der Waals surface area contributed by atoms with E-state index in [1.807, 2.05) is 6.92 Å². The number of rotatable bonds is 4. The number of hydrogen-bond acceptors (Lipinski definition) is 4. The summed E-state index contributed by atoms with van der Waals surface area (Å²) in [4.78, 5) is 22.3. The van der Waals surface area contributed by atoms with Crippen molar-refractivity contribution in [1.82, 2.24) is 4.57 Å². The Balaban J connectivity index is 2.31. The highest BCUT2D eigenvalue weighted by atomic mass is 79.9. The standard InChI is InChI=1S/C13H12BrN3O4/c1-2-16-7-8(14)5-11(16)13(19)15-10-6-9(17(20)21)3-4-12(10)18/h3-7,18H,2H2,1H3,(H,15,19). The monoisotopic (exact) mass is 353 g/mol. The quantitative estimate of drug-likeness (QED) is 0.501. The topological polar surface area (TPSA) is 97.4 Å². The number of carbonyl (C=O) groups excluding carboxylic acids is 1. The number of hydrogen-bond donors (Lipinski definition) is 2. The smallest absolute Gasteiger partial charge is 0.272 e. The molecule has 0 aliphatic rings. The molecule has 1 amide bonds. The Morgan fingerprint density at radius 2 is 2.19 bits per heavy atom. The minimum absolute atomic E-state index is 0.00539. The number of aryl methyl sites for hydroxylation is 1. The van der Waals surface area contributed by atoms with Gasteiger partial charge in [0.15, 0.2) is 0 Å². The average molecular weight is 354 g/mol. The van der Waals surface area contributed by atoms with Gasteiger partial charge in [-0.15, -0.1) is 0 Å². The maximum absolute atomic E-state index is 12.2. The van der Waals surface area contributed by atoms with Crippen molar-refractivity contribution in [3.63, 3.8) is 0 Å². The Labute approximate surface area is 128 Å². The highest BCUT2D eigenvalue weighted by Gasteiger charge is 2.16. The largest absolute Gasteiger partial charge is 0.506 e. The number of halogens is 1. The van der Waals surface area contributed by atoms with Crippen molar-refractivity contribution in [1.29, 1.82) is 0 Å². The molecule has 0 fully saturated rings. The number of aromatic hydroxyl groups is 1. The van der Waals surface area contributed by atoms with Crippen LogP contribution in [-0.4, -0.2) is 20.5 Å². The van der Waals surface area contributed by atoms with Gasteiger partial charge in [-0.05, 0) is 35.0 Å². The van der Waals surface area contributed by atoms with Gasteiger partial charge < -0.3 is 15.0 Å². The molecular weight excluding hydrogens is 342 g/mol. The van der Waals surface area contributed by atoms with Crippen LogP contribution in [0.15, 0.2) is 34.9 Å². The zero-order chi connectivity index (χ0) is 15.6. The summed E-state index contributed by atoms with van der Waals surface area (Å²) in [6, 6.07) is 5.08. The third-order valence-corrected chi connectivity index (χ3v) is 3.31. The highest BCUT2D eigenvalue weighted by molar-refractivity contribution is 9.10. The van der Waals surface area contributed by atoms with Crippen LogP contribution in [0.4, 0.5) is 11.4 Å². The first-order valence-electron chi connectivity index (χ1n) is 6.06. The predicted octanol–water partition coefficient (Wildman–Crippen LogP) is 3.14. The van der Waals surface area contributed by atoms with Crippen molar-refractivity contribution >= 4 is 33.2 Å². The Morgan fingerprint density at radius 1 is 1.48 bits per heavy atom. The van der Waals surface area contributed by atoms with E-state index >= 15 is 0 Å². The molecule has 0 saturated carbocycles. The van der Waals surface area contributed by atoms with Crippen LogP contribution in [0.1, 0.15) is 17.4 Å². The van der Waals surface area contributed by atoms with Crippen LogP contribution in [0, 0.1) is 10.1 Å². The Kier molecular flexibility index (Phi) is 4.27. The van der Waals surface area contributed by atoms with Crippen LogP contribution >= 0.6 is 15.9 Å². The van der Waals surface area contributed by atoms with Crippen LogP contribution in [0.5, 0.6) is 5.75 Å². The molecule has 1 aromatic carbocycles. The van der Waals surface area contributed by atoms with Gasteiger partial charge in [0, 0.05) is 29.3 Å². The van der Waals surface area contributed by atoms with Crippen molar-refractivity contribution in [2.75, 3.05) is 5.32 Å². The van der Waals surface area contributed by atoms with E-state index in [1.165, 1.54) is 6.07 Å². The van der Waals surface area contributed by atoms with E-state index in [1.54, 1.807) is 16.8 Å². The summed E-state index contributed by atoms with van der Waals surface area (Å²) in [5.74, 6) is -0.694. The molecular formula is C13H12BrN3O4. The van der Waals surface area contributed by atoms with Gasteiger partial charge in [0.1, 0.15) is 11.4 Å². The molecule has 0 saturated heterocycles. The van der Waals surface area contributed by atoms with E-state index in [2.05, 4.69) is 21.2 Å².